The molecule has 4 N–H and O–H groups in total. The lowest BCUT2D eigenvalue weighted by Crippen LogP contribution is -2.19. The summed E-state index contributed by atoms with van der Waals surface area (Å²) in [5, 5.41) is 11.3. The zero-order chi connectivity index (χ0) is 8.53. The first kappa shape index (κ1) is 18.7. The van der Waals surface area contributed by atoms with E-state index in [1.54, 1.807) is 0 Å². The van der Waals surface area contributed by atoms with Crippen LogP contribution in [0.4, 0.5) is 0 Å². The van der Waals surface area contributed by atoms with Crippen LogP contribution in [0.5, 0.6) is 0 Å². The summed E-state index contributed by atoms with van der Waals surface area (Å²) < 4.78 is 0. The van der Waals surface area contributed by atoms with Gasteiger partial charge in [-0.05, 0) is 25.9 Å². The average Bonchev–Trinajstić information content (AvgIpc) is 1.96. The third kappa shape index (κ3) is 18.7. The van der Waals surface area contributed by atoms with Gasteiger partial charge < -0.3 is 16.2 Å². The van der Waals surface area contributed by atoms with Gasteiger partial charge in [0.1, 0.15) is 0 Å². The van der Waals surface area contributed by atoms with Gasteiger partial charge >= 0.3 is 5.97 Å². The summed E-state index contributed by atoms with van der Waals surface area (Å²) in [6.45, 7) is 2.13. The molecular weight excluding hydrogens is 215 g/mol. The maximum Gasteiger partial charge on any atom is 0.304 e. The van der Waals surface area contributed by atoms with Gasteiger partial charge in [0.15, 0.2) is 0 Å². The van der Waals surface area contributed by atoms with Crippen molar-refractivity contribution in [2.75, 3.05) is 19.6 Å². The van der Waals surface area contributed by atoms with E-state index in [0.29, 0.717) is 13.1 Å². The molecule has 0 heterocycles. The standard InChI is InChI=1S/C7H16N2O2.2ClH/c8-4-1-2-5-9-6-3-7(10)11;;/h9H,1-6,8H2,(H,10,11);2*1H. The Balaban J connectivity index is -0.000000500. The fourth-order valence-corrected chi connectivity index (χ4v) is 0.715. The Kier molecular flexibility index (Phi) is 20.8. The first-order chi connectivity index (χ1) is 5.27. The molecule has 0 aliphatic heterocycles. The van der Waals surface area contributed by atoms with Crippen LogP contribution in [0.2, 0.25) is 0 Å². The van der Waals surface area contributed by atoms with E-state index in [1.807, 2.05) is 0 Å². The highest BCUT2D eigenvalue weighted by molar-refractivity contribution is 5.85. The molecule has 82 valence electrons. The van der Waals surface area contributed by atoms with Gasteiger partial charge in [-0.25, -0.2) is 0 Å². The molecule has 0 saturated carbocycles. The van der Waals surface area contributed by atoms with Crippen molar-refractivity contribution >= 4 is 30.8 Å². The number of carbonyl (C=O) groups is 1. The molecule has 0 spiro atoms. The minimum Gasteiger partial charge on any atom is -0.481 e. The summed E-state index contributed by atoms with van der Waals surface area (Å²) in [7, 11) is 0. The van der Waals surface area contributed by atoms with Gasteiger partial charge in [0.2, 0.25) is 0 Å². The van der Waals surface area contributed by atoms with E-state index in [9.17, 15) is 4.79 Å². The molecule has 0 aromatic rings. The quantitative estimate of drug-likeness (QED) is 0.564. The van der Waals surface area contributed by atoms with Crippen molar-refractivity contribution in [2.24, 2.45) is 5.73 Å². The normalized spacial score (nSPS) is 8.38. The molecule has 4 nitrogen and oxygen atoms in total. The average molecular weight is 233 g/mol. The van der Waals surface area contributed by atoms with Crippen molar-refractivity contribution in [2.45, 2.75) is 19.3 Å². The lowest BCUT2D eigenvalue weighted by Gasteiger charge is -2.00. The minimum atomic E-state index is -0.753. The molecule has 0 aliphatic carbocycles. The van der Waals surface area contributed by atoms with E-state index in [4.69, 9.17) is 10.8 Å². The number of carboxylic acid groups (broad SMARTS) is 1. The topological polar surface area (TPSA) is 75.3 Å². The summed E-state index contributed by atoms with van der Waals surface area (Å²) in [6, 6.07) is 0. The number of rotatable bonds is 7. The number of nitrogens with one attached hydrogen (secondary N) is 1. The monoisotopic (exact) mass is 232 g/mol. The van der Waals surface area contributed by atoms with Gasteiger partial charge in [0.25, 0.3) is 0 Å². The van der Waals surface area contributed by atoms with Crippen molar-refractivity contribution in [1.82, 2.24) is 5.32 Å². The first-order valence-corrected chi connectivity index (χ1v) is 3.90. The van der Waals surface area contributed by atoms with E-state index in [-0.39, 0.29) is 31.2 Å². The predicted octanol–water partition coefficient (Wildman–Crippen LogP) is 0.633. The maximum absolute atomic E-state index is 10.0. The number of halogens is 2. The Morgan fingerprint density at radius 2 is 1.85 bits per heavy atom. The molecule has 0 aromatic carbocycles. The second-order valence-electron chi connectivity index (χ2n) is 2.39. The largest absolute Gasteiger partial charge is 0.481 e. The molecule has 0 unspecified atom stereocenters. The Labute approximate surface area is 91.1 Å². The van der Waals surface area contributed by atoms with Gasteiger partial charge in [0, 0.05) is 6.54 Å². The number of nitrogens with two attached hydrogens (primary N) is 1. The summed E-state index contributed by atoms with van der Waals surface area (Å²) in [6.07, 6.45) is 2.22. The van der Waals surface area contributed by atoms with Crippen molar-refractivity contribution in [3.8, 4) is 0 Å². The zero-order valence-corrected chi connectivity index (χ0v) is 9.12. The molecule has 0 rings (SSSR count). The Hall–Kier alpha value is -0.0300. The van der Waals surface area contributed by atoms with Gasteiger partial charge in [-0.15, -0.1) is 24.8 Å². The smallest absolute Gasteiger partial charge is 0.304 e. The molecule has 0 fully saturated rings. The van der Waals surface area contributed by atoms with Gasteiger partial charge in [-0.1, -0.05) is 0 Å². The number of aliphatic carboxylic acids is 1. The number of unbranched alkanes of at least 4 members (excludes halogenated alkanes) is 1. The summed E-state index contributed by atoms with van der Waals surface area (Å²) in [4.78, 5) is 10.0. The van der Waals surface area contributed by atoms with E-state index < -0.39 is 5.97 Å². The molecule has 0 saturated heterocycles. The molecule has 13 heavy (non-hydrogen) atoms. The molecule has 0 bridgehead atoms. The van der Waals surface area contributed by atoms with Crippen LogP contribution in [-0.2, 0) is 4.79 Å². The van der Waals surface area contributed by atoms with Crippen molar-refractivity contribution in [3.05, 3.63) is 0 Å². The summed E-state index contributed by atoms with van der Waals surface area (Å²) in [5.41, 5.74) is 5.27. The van der Waals surface area contributed by atoms with Crippen LogP contribution in [0, 0.1) is 0 Å². The summed E-state index contributed by atoms with van der Waals surface area (Å²) >= 11 is 0. The van der Waals surface area contributed by atoms with E-state index in [2.05, 4.69) is 5.32 Å². The highest BCUT2D eigenvalue weighted by Gasteiger charge is 1.93. The Morgan fingerprint density at radius 1 is 1.23 bits per heavy atom. The summed E-state index contributed by atoms with van der Waals surface area (Å²) in [5.74, 6) is -0.753. The molecule has 0 aliphatic rings. The van der Waals surface area contributed by atoms with Crippen LogP contribution in [0.3, 0.4) is 0 Å². The Bertz CT molecular complexity index is 115. The van der Waals surface area contributed by atoms with Crippen molar-refractivity contribution in [3.63, 3.8) is 0 Å². The second-order valence-corrected chi connectivity index (χ2v) is 2.39. The second kappa shape index (κ2) is 14.5. The number of hydrogen-bond acceptors (Lipinski definition) is 3. The molecule has 0 atom stereocenters. The molecule has 0 amide bonds. The van der Waals surface area contributed by atoms with Crippen LogP contribution in [0.25, 0.3) is 0 Å². The van der Waals surface area contributed by atoms with Crippen LogP contribution in [0.1, 0.15) is 19.3 Å². The van der Waals surface area contributed by atoms with E-state index in [0.717, 1.165) is 19.4 Å². The Morgan fingerprint density at radius 3 is 2.31 bits per heavy atom. The SMILES string of the molecule is Cl.Cl.NCCCCNCCC(=O)O. The highest BCUT2D eigenvalue weighted by Crippen LogP contribution is 1.82. The number of hydrogen-bond donors (Lipinski definition) is 3. The van der Waals surface area contributed by atoms with Crippen LogP contribution in [0.15, 0.2) is 0 Å². The molecular formula is C7H18Cl2N2O2. The maximum atomic E-state index is 10.0. The van der Waals surface area contributed by atoms with Gasteiger partial charge in [0.05, 0.1) is 6.42 Å². The zero-order valence-electron chi connectivity index (χ0n) is 7.49. The predicted molar refractivity (Wildman–Crippen MR) is 57.9 cm³/mol. The molecule has 6 heteroatoms. The molecule has 0 aromatic heterocycles. The highest BCUT2D eigenvalue weighted by atomic mass is 35.5. The van der Waals surface area contributed by atoms with E-state index in [1.165, 1.54) is 0 Å². The minimum absolute atomic E-state index is 0. The van der Waals surface area contributed by atoms with Crippen LogP contribution >= 0.6 is 24.8 Å². The lowest BCUT2D eigenvalue weighted by molar-refractivity contribution is -0.136. The van der Waals surface area contributed by atoms with Crippen LogP contribution in [-0.4, -0.2) is 30.7 Å². The van der Waals surface area contributed by atoms with Crippen molar-refractivity contribution in [1.29, 1.82) is 0 Å². The first-order valence-electron chi connectivity index (χ1n) is 3.90. The van der Waals surface area contributed by atoms with E-state index >= 15 is 0 Å². The molecule has 0 radical (unpaired) electrons. The van der Waals surface area contributed by atoms with Crippen molar-refractivity contribution < 1.29 is 9.90 Å². The van der Waals surface area contributed by atoms with Gasteiger partial charge in [-0.3, -0.25) is 4.79 Å². The lowest BCUT2D eigenvalue weighted by atomic mass is 10.3. The fraction of sp³-hybridized carbons (Fsp3) is 0.857. The van der Waals surface area contributed by atoms with Gasteiger partial charge in [-0.2, -0.15) is 0 Å². The third-order valence-electron chi connectivity index (χ3n) is 1.32. The third-order valence-corrected chi connectivity index (χ3v) is 1.32. The number of carboxylic acids is 1. The van der Waals surface area contributed by atoms with Crippen LogP contribution < -0.4 is 11.1 Å². The fourth-order valence-electron chi connectivity index (χ4n) is 0.715.